The molecule has 1 aromatic carbocycles. The summed E-state index contributed by atoms with van der Waals surface area (Å²) in [7, 11) is 0. The molecule has 0 unspecified atom stereocenters. The summed E-state index contributed by atoms with van der Waals surface area (Å²) < 4.78 is 32.8. The topological polar surface area (TPSA) is 46.5 Å². The fourth-order valence-electron chi connectivity index (χ4n) is 2.32. The molecule has 1 saturated carbocycles. The lowest BCUT2D eigenvalue weighted by molar-refractivity contribution is 0.0695. The van der Waals surface area contributed by atoms with Gasteiger partial charge in [-0.25, -0.2) is 13.6 Å². The van der Waals surface area contributed by atoms with Crippen LogP contribution in [0, 0.1) is 11.6 Å². The van der Waals surface area contributed by atoms with E-state index in [0.29, 0.717) is 0 Å². The summed E-state index contributed by atoms with van der Waals surface area (Å²) in [5.74, 6) is -3.74. The number of carboxylic acid groups (broad SMARTS) is 1. The number of carboxylic acids is 1. The van der Waals surface area contributed by atoms with Crippen molar-refractivity contribution in [3.05, 3.63) is 29.3 Å². The summed E-state index contributed by atoms with van der Waals surface area (Å²) in [6.45, 7) is 0. The van der Waals surface area contributed by atoms with E-state index in [1.54, 1.807) is 0 Å². The van der Waals surface area contributed by atoms with Gasteiger partial charge in [0.15, 0.2) is 17.4 Å². The minimum Gasteiger partial charge on any atom is -0.484 e. The third-order valence-corrected chi connectivity index (χ3v) is 3.33. The molecule has 0 aromatic heterocycles. The molecular weight excluding hydrogens is 254 g/mol. The van der Waals surface area contributed by atoms with E-state index >= 15 is 0 Å². The number of hydrogen-bond acceptors (Lipinski definition) is 2. The molecule has 0 bridgehead atoms. The molecule has 0 amide bonds. The van der Waals surface area contributed by atoms with E-state index in [1.807, 2.05) is 0 Å². The van der Waals surface area contributed by atoms with Gasteiger partial charge in [0.05, 0.1) is 11.7 Å². The number of halogens is 2. The van der Waals surface area contributed by atoms with Gasteiger partial charge in [0, 0.05) is 0 Å². The Kier molecular flexibility index (Phi) is 4.35. The van der Waals surface area contributed by atoms with Gasteiger partial charge in [-0.05, 0) is 37.8 Å². The predicted octanol–water partition coefficient (Wildman–Crippen LogP) is 3.76. The Hall–Kier alpha value is -1.65. The SMILES string of the molecule is O=C(O)c1cc(F)c(OC2CCCCCC2)c(F)c1. The average molecular weight is 270 g/mol. The lowest BCUT2D eigenvalue weighted by Crippen LogP contribution is -2.17. The molecule has 0 aliphatic heterocycles. The van der Waals surface area contributed by atoms with E-state index in [0.717, 1.165) is 50.7 Å². The van der Waals surface area contributed by atoms with Crippen LogP contribution in [-0.4, -0.2) is 17.2 Å². The van der Waals surface area contributed by atoms with E-state index in [2.05, 4.69) is 0 Å². The molecule has 0 atom stereocenters. The second-order valence-corrected chi connectivity index (χ2v) is 4.81. The number of ether oxygens (including phenoxy) is 1. The van der Waals surface area contributed by atoms with E-state index in [1.165, 1.54) is 0 Å². The molecule has 1 aromatic rings. The standard InChI is InChI=1S/C14H16F2O3/c15-11-7-9(14(17)18)8-12(16)13(11)19-10-5-3-1-2-4-6-10/h7-8,10H,1-6H2,(H,17,18). The van der Waals surface area contributed by atoms with Crippen molar-refractivity contribution in [2.45, 2.75) is 44.6 Å². The highest BCUT2D eigenvalue weighted by Gasteiger charge is 2.20. The van der Waals surface area contributed by atoms with Crippen molar-refractivity contribution in [3.63, 3.8) is 0 Å². The Bertz CT molecular complexity index is 443. The lowest BCUT2D eigenvalue weighted by atomic mass is 10.1. The summed E-state index contributed by atoms with van der Waals surface area (Å²) in [5.41, 5.74) is -0.414. The van der Waals surface area contributed by atoms with Gasteiger partial charge >= 0.3 is 5.97 Å². The fourth-order valence-corrected chi connectivity index (χ4v) is 2.32. The Morgan fingerprint density at radius 1 is 1.11 bits per heavy atom. The van der Waals surface area contributed by atoms with Crippen LogP contribution in [0.25, 0.3) is 0 Å². The zero-order chi connectivity index (χ0) is 13.8. The Balaban J connectivity index is 2.17. The van der Waals surface area contributed by atoms with Crippen molar-refractivity contribution < 1.29 is 23.4 Å². The second kappa shape index (κ2) is 5.99. The lowest BCUT2D eigenvalue weighted by Gasteiger charge is -2.18. The van der Waals surface area contributed by atoms with Crippen LogP contribution in [0.15, 0.2) is 12.1 Å². The molecule has 5 heteroatoms. The second-order valence-electron chi connectivity index (χ2n) is 4.81. The zero-order valence-electron chi connectivity index (χ0n) is 10.5. The van der Waals surface area contributed by atoms with Crippen LogP contribution < -0.4 is 4.74 Å². The summed E-state index contributed by atoms with van der Waals surface area (Å²) in [4.78, 5) is 10.7. The monoisotopic (exact) mass is 270 g/mol. The summed E-state index contributed by atoms with van der Waals surface area (Å²) >= 11 is 0. The maximum absolute atomic E-state index is 13.7. The van der Waals surface area contributed by atoms with Crippen molar-refractivity contribution >= 4 is 5.97 Å². The molecule has 104 valence electrons. The minimum absolute atomic E-state index is 0.192. The number of benzene rings is 1. The van der Waals surface area contributed by atoms with E-state index in [9.17, 15) is 13.6 Å². The first-order valence-electron chi connectivity index (χ1n) is 6.47. The third-order valence-electron chi connectivity index (χ3n) is 3.33. The quantitative estimate of drug-likeness (QED) is 0.850. The van der Waals surface area contributed by atoms with Gasteiger partial charge in [-0.15, -0.1) is 0 Å². The number of hydrogen-bond donors (Lipinski definition) is 1. The summed E-state index contributed by atoms with van der Waals surface area (Å²) in [5, 5.41) is 8.71. The van der Waals surface area contributed by atoms with Gasteiger partial charge < -0.3 is 9.84 Å². The average Bonchev–Trinajstić information content (AvgIpc) is 2.61. The van der Waals surface area contributed by atoms with Crippen LogP contribution in [-0.2, 0) is 0 Å². The molecule has 0 spiro atoms. The zero-order valence-corrected chi connectivity index (χ0v) is 10.5. The maximum Gasteiger partial charge on any atom is 0.335 e. The molecule has 1 aliphatic carbocycles. The number of rotatable bonds is 3. The highest BCUT2D eigenvalue weighted by molar-refractivity contribution is 5.87. The highest BCUT2D eigenvalue weighted by atomic mass is 19.1. The smallest absolute Gasteiger partial charge is 0.335 e. The van der Waals surface area contributed by atoms with E-state index in [-0.39, 0.29) is 6.10 Å². The van der Waals surface area contributed by atoms with Crippen LogP contribution in [0.1, 0.15) is 48.9 Å². The first-order chi connectivity index (χ1) is 9.08. The van der Waals surface area contributed by atoms with Crippen molar-refractivity contribution in [2.24, 2.45) is 0 Å². The van der Waals surface area contributed by atoms with E-state index < -0.39 is 28.9 Å². The molecule has 1 N–H and O–H groups in total. The molecular formula is C14H16F2O3. The number of aromatic carboxylic acids is 1. The maximum atomic E-state index is 13.7. The molecule has 2 rings (SSSR count). The van der Waals surface area contributed by atoms with Crippen molar-refractivity contribution in [3.8, 4) is 5.75 Å². The Morgan fingerprint density at radius 2 is 1.63 bits per heavy atom. The van der Waals surface area contributed by atoms with Crippen LogP contribution in [0.5, 0.6) is 5.75 Å². The van der Waals surface area contributed by atoms with Crippen LogP contribution in [0.2, 0.25) is 0 Å². The molecule has 1 fully saturated rings. The van der Waals surface area contributed by atoms with Crippen LogP contribution >= 0.6 is 0 Å². The number of carbonyl (C=O) groups is 1. The van der Waals surface area contributed by atoms with Crippen molar-refractivity contribution in [1.29, 1.82) is 0 Å². The summed E-state index contributed by atoms with van der Waals surface area (Å²) in [6.07, 6.45) is 5.56. The fraction of sp³-hybridized carbons (Fsp3) is 0.500. The van der Waals surface area contributed by atoms with Gasteiger partial charge in [0.25, 0.3) is 0 Å². The van der Waals surface area contributed by atoms with Gasteiger partial charge in [-0.2, -0.15) is 0 Å². The van der Waals surface area contributed by atoms with Crippen molar-refractivity contribution in [1.82, 2.24) is 0 Å². The van der Waals surface area contributed by atoms with Crippen LogP contribution in [0.3, 0.4) is 0 Å². The van der Waals surface area contributed by atoms with Crippen LogP contribution in [0.4, 0.5) is 8.78 Å². The molecule has 0 heterocycles. The van der Waals surface area contributed by atoms with Gasteiger partial charge in [-0.1, -0.05) is 12.8 Å². The van der Waals surface area contributed by atoms with Gasteiger partial charge in [0.2, 0.25) is 0 Å². The molecule has 19 heavy (non-hydrogen) atoms. The van der Waals surface area contributed by atoms with Gasteiger partial charge in [0.1, 0.15) is 0 Å². The normalized spacial score (nSPS) is 16.9. The third kappa shape index (κ3) is 3.43. The first kappa shape index (κ1) is 13.8. The summed E-state index contributed by atoms with van der Waals surface area (Å²) in [6, 6.07) is 1.58. The predicted molar refractivity (Wildman–Crippen MR) is 65.4 cm³/mol. The largest absolute Gasteiger partial charge is 0.484 e. The Labute approximate surface area is 110 Å². The van der Waals surface area contributed by atoms with E-state index in [4.69, 9.17) is 9.84 Å². The van der Waals surface area contributed by atoms with Gasteiger partial charge in [-0.3, -0.25) is 0 Å². The highest BCUT2D eigenvalue weighted by Crippen LogP contribution is 2.28. The molecule has 1 aliphatic rings. The molecule has 0 saturated heterocycles. The van der Waals surface area contributed by atoms with Crippen molar-refractivity contribution in [2.75, 3.05) is 0 Å². The minimum atomic E-state index is -1.36. The first-order valence-corrected chi connectivity index (χ1v) is 6.47. The molecule has 0 radical (unpaired) electrons. The molecule has 3 nitrogen and oxygen atoms in total. The Morgan fingerprint density at radius 3 is 2.11 bits per heavy atom.